The lowest BCUT2D eigenvalue weighted by atomic mass is 9.82. The predicted octanol–water partition coefficient (Wildman–Crippen LogP) is 3.14. The molecule has 1 saturated heterocycles. The van der Waals surface area contributed by atoms with Crippen LogP contribution in [0, 0.1) is 0 Å². The number of alkyl halides is 3. The summed E-state index contributed by atoms with van der Waals surface area (Å²) in [4.78, 5) is 37.8. The first kappa shape index (κ1) is 17.4. The molecular formula is C17H17F3N2O3. The van der Waals surface area contributed by atoms with Crippen LogP contribution < -0.4 is 5.32 Å². The number of Topliss-reactive ketones (excluding diaryl/α,β-unsaturated/α-hetero) is 1. The van der Waals surface area contributed by atoms with Crippen molar-refractivity contribution in [1.82, 2.24) is 10.2 Å². The maximum Gasteiger partial charge on any atom is 0.416 e. The van der Waals surface area contributed by atoms with Gasteiger partial charge >= 0.3 is 12.2 Å². The fourth-order valence-corrected chi connectivity index (χ4v) is 3.39. The van der Waals surface area contributed by atoms with Crippen molar-refractivity contribution in [2.45, 2.75) is 43.8 Å². The van der Waals surface area contributed by atoms with E-state index in [1.807, 2.05) is 0 Å². The van der Waals surface area contributed by atoms with Gasteiger partial charge in [-0.1, -0.05) is 31.4 Å². The third-order valence-corrected chi connectivity index (χ3v) is 4.79. The summed E-state index contributed by atoms with van der Waals surface area (Å²) in [5, 5.41) is 2.69. The third kappa shape index (κ3) is 3.25. The monoisotopic (exact) mass is 354 g/mol. The quantitative estimate of drug-likeness (QED) is 0.670. The van der Waals surface area contributed by atoms with E-state index >= 15 is 0 Å². The molecule has 2 fully saturated rings. The zero-order valence-electron chi connectivity index (χ0n) is 13.4. The Labute approximate surface area is 142 Å². The lowest BCUT2D eigenvalue weighted by Gasteiger charge is -2.30. The average Bonchev–Trinajstić information content (AvgIpc) is 2.79. The number of hydrogen-bond acceptors (Lipinski definition) is 3. The Morgan fingerprint density at radius 2 is 1.68 bits per heavy atom. The highest BCUT2D eigenvalue weighted by Gasteiger charge is 2.51. The summed E-state index contributed by atoms with van der Waals surface area (Å²) in [5.74, 6) is -0.998. The lowest BCUT2D eigenvalue weighted by molar-refractivity contribution is -0.137. The third-order valence-electron chi connectivity index (χ3n) is 4.79. The van der Waals surface area contributed by atoms with Crippen molar-refractivity contribution < 1.29 is 27.6 Å². The maximum absolute atomic E-state index is 12.6. The summed E-state index contributed by atoms with van der Waals surface area (Å²) >= 11 is 0. The first-order chi connectivity index (χ1) is 11.7. The summed E-state index contributed by atoms with van der Waals surface area (Å²) in [6.45, 7) is -0.474. The summed E-state index contributed by atoms with van der Waals surface area (Å²) in [6.07, 6.45) is -0.750. The summed E-state index contributed by atoms with van der Waals surface area (Å²) in [7, 11) is 0. The number of benzene rings is 1. The van der Waals surface area contributed by atoms with Crippen LogP contribution in [0.2, 0.25) is 0 Å². The van der Waals surface area contributed by atoms with Crippen LogP contribution >= 0.6 is 0 Å². The van der Waals surface area contributed by atoms with Gasteiger partial charge in [-0.25, -0.2) is 4.79 Å². The molecule has 1 aromatic carbocycles. The number of rotatable bonds is 3. The fourth-order valence-electron chi connectivity index (χ4n) is 3.39. The molecule has 1 spiro atoms. The van der Waals surface area contributed by atoms with E-state index in [2.05, 4.69) is 5.32 Å². The van der Waals surface area contributed by atoms with Crippen LogP contribution in [-0.4, -0.2) is 34.7 Å². The van der Waals surface area contributed by atoms with E-state index in [-0.39, 0.29) is 5.56 Å². The van der Waals surface area contributed by atoms with Gasteiger partial charge < -0.3 is 5.32 Å². The van der Waals surface area contributed by atoms with Gasteiger partial charge in [-0.05, 0) is 25.0 Å². The van der Waals surface area contributed by atoms with Crippen molar-refractivity contribution in [3.05, 3.63) is 35.4 Å². The Hall–Kier alpha value is -2.38. The molecule has 1 aliphatic carbocycles. The minimum absolute atomic E-state index is 0.0261. The molecule has 5 nitrogen and oxygen atoms in total. The highest BCUT2D eigenvalue weighted by Crippen LogP contribution is 2.34. The normalized spacial score (nSPS) is 20.0. The van der Waals surface area contributed by atoms with Crippen LogP contribution in [0.15, 0.2) is 24.3 Å². The highest BCUT2D eigenvalue weighted by molar-refractivity contribution is 6.11. The van der Waals surface area contributed by atoms with E-state index in [9.17, 15) is 27.6 Å². The molecule has 0 atom stereocenters. The number of urea groups is 1. The molecule has 1 N–H and O–H groups in total. The van der Waals surface area contributed by atoms with Gasteiger partial charge in [0.1, 0.15) is 5.54 Å². The van der Waals surface area contributed by atoms with E-state index in [1.54, 1.807) is 0 Å². The standard InChI is InChI=1S/C17H17F3N2O3/c18-17(19,20)12-6-4-11(5-7-12)13(23)10-22-14(24)16(21-15(22)25)8-2-1-3-9-16/h4-7H,1-3,8-10H2,(H,21,25). The van der Waals surface area contributed by atoms with Gasteiger partial charge in [-0.2, -0.15) is 13.2 Å². The second-order valence-corrected chi connectivity index (χ2v) is 6.46. The van der Waals surface area contributed by atoms with Gasteiger partial charge in [-0.15, -0.1) is 0 Å². The number of nitrogens with one attached hydrogen (secondary N) is 1. The Balaban J connectivity index is 1.72. The molecule has 1 aliphatic heterocycles. The topological polar surface area (TPSA) is 66.5 Å². The molecule has 8 heteroatoms. The maximum atomic E-state index is 12.6. The number of carbonyl (C=O) groups is 3. The van der Waals surface area contributed by atoms with Gasteiger partial charge in [-0.3, -0.25) is 14.5 Å². The molecule has 3 rings (SSSR count). The van der Waals surface area contributed by atoms with Gasteiger partial charge in [0.05, 0.1) is 12.1 Å². The zero-order valence-corrected chi connectivity index (χ0v) is 13.4. The second-order valence-electron chi connectivity index (χ2n) is 6.46. The number of carbonyl (C=O) groups excluding carboxylic acids is 3. The summed E-state index contributed by atoms with van der Waals surface area (Å²) in [5.41, 5.74) is -1.76. The highest BCUT2D eigenvalue weighted by atomic mass is 19.4. The van der Waals surface area contributed by atoms with E-state index in [0.29, 0.717) is 12.8 Å². The van der Waals surface area contributed by atoms with Crippen LogP contribution in [0.25, 0.3) is 0 Å². The molecule has 1 saturated carbocycles. The van der Waals surface area contributed by atoms with Gasteiger partial charge in [0, 0.05) is 5.56 Å². The predicted molar refractivity (Wildman–Crippen MR) is 81.8 cm³/mol. The first-order valence-electron chi connectivity index (χ1n) is 8.07. The molecule has 0 aromatic heterocycles. The number of imide groups is 1. The van der Waals surface area contributed by atoms with Crippen molar-refractivity contribution in [3.63, 3.8) is 0 Å². The minimum atomic E-state index is -4.49. The Bertz CT molecular complexity index is 707. The van der Waals surface area contributed by atoms with E-state index in [0.717, 1.165) is 48.4 Å². The fraction of sp³-hybridized carbons (Fsp3) is 0.471. The van der Waals surface area contributed by atoms with Crippen molar-refractivity contribution in [3.8, 4) is 0 Å². The molecule has 1 aromatic rings. The number of halogens is 3. The van der Waals surface area contributed by atoms with E-state index in [1.165, 1.54) is 0 Å². The van der Waals surface area contributed by atoms with Crippen LogP contribution in [0.3, 0.4) is 0 Å². The molecule has 0 radical (unpaired) electrons. The van der Waals surface area contributed by atoms with Gasteiger partial charge in [0.15, 0.2) is 5.78 Å². The SMILES string of the molecule is O=C(CN1C(=O)NC2(CCCCC2)C1=O)c1ccc(C(F)(F)F)cc1. The van der Waals surface area contributed by atoms with Crippen LogP contribution in [-0.2, 0) is 11.0 Å². The average molecular weight is 354 g/mol. The van der Waals surface area contributed by atoms with Gasteiger partial charge in [0.2, 0.25) is 0 Å². The summed E-state index contributed by atoms with van der Waals surface area (Å²) < 4.78 is 37.7. The smallest absolute Gasteiger partial charge is 0.323 e. The molecule has 0 unspecified atom stereocenters. The molecule has 0 bridgehead atoms. The lowest BCUT2D eigenvalue weighted by Crippen LogP contribution is -2.48. The molecule has 3 amide bonds. The van der Waals surface area contributed by atoms with E-state index in [4.69, 9.17) is 0 Å². The summed E-state index contributed by atoms with van der Waals surface area (Å²) in [6, 6.07) is 3.11. The van der Waals surface area contributed by atoms with Crippen molar-refractivity contribution >= 4 is 17.7 Å². The minimum Gasteiger partial charge on any atom is -0.323 e. The van der Waals surface area contributed by atoms with Crippen molar-refractivity contribution in [1.29, 1.82) is 0 Å². The zero-order chi connectivity index (χ0) is 18.2. The van der Waals surface area contributed by atoms with Crippen LogP contribution in [0.1, 0.15) is 48.0 Å². The Morgan fingerprint density at radius 3 is 2.24 bits per heavy atom. The Morgan fingerprint density at radius 1 is 1.08 bits per heavy atom. The Kier molecular flexibility index (Phi) is 4.30. The number of nitrogens with zero attached hydrogens (tertiary/aromatic N) is 1. The number of hydrogen-bond donors (Lipinski definition) is 1. The van der Waals surface area contributed by atoms with Gasteiger partial charge in [0.25, 0.3) is 5.91 Å². The molecule has 1 heterocycles. The molecule has 2 aliphatic rings. The number of ketones is 1. The van der Waals surface area contributed by atoms with Crippen LogP contribution in [0.4, 0.5) is 18.0 Å². The first-order valence-corrected chi connectivity index (χ1v) is 8.07. The molecule has 134 valence electrons. The van der Waals surface area contributed by atoms with E-state index < -0.39 is 41.5 Å². The second kappa shape index (κ2) is 6.16. The molecular weight excluding hydrogens is 337 g/mol. The van der Waals surface area contributed by atoms with Crippen LogP contribution in [0.5, 0.6) is 0 Å². The number of amides is 3. The largest absolute Gasteiger partial charge is 0.416 e. The van der Waals surface area contributed by atoms with Crippen molar-refractivity contribution in [2.24, 2.45) is 0 Å². The van der Waals surface area contributed by atoms with Crippen molar-refractivity contribution in [2.75, 3.05) is 6.54 Å². The molecule has 25 heavy (non-hydrogen) atoms.